The van der Waals surface area contributed by atoms with Crippen LogP contribution in [0.3, 0.4) is 0 Å². The molecule has 1 saturated heterocycles. The molecule has 33 heavy (non-hydrogen) atoms. The molecule has 3 aromatic rings. The predicted octanol–water partition coefficient (Wildman–Crippen LogP) is 3.94. The summed E-state index contributed by atoms with van der Waals surface area (Å²) >= 11 is 0. The van der Waals surface area contributed by atoms with E-state index in [0.717, 1.165) is 4.90 Å². The lowest BCUT2D eigenvalue weighted by molar-refractivity contribution is -0.384. The van der Waals surface area contributed by atoms with Crippen molar-refractivity contribution < 1.29 is 29.5 Å². The number of phenolic OH excluding ortho intramolecular Hbond substituents is 1. The maximum Gasteiger partial charge on any atom is 0.300 e. The molecule has 0 radical (unpaired) electrons. The van der Waals surface area contributed by atoms with E-state index < -0.39 is 22.7 Å². The van der Waals surface area contributed by atoms with Gasteiger partial charge in [-0.15, -0.1) is 0 Å². The molecule has 0 aromatic heterocycles. The third-order valence-corrected chi connectivity index (χ3v) is 5.33. The molecule has 4 rings (SSSR count). The zero-order chi connectivity index (χ0) is 23.7. The van der Waals surface area contributed by atoms with E-state index in [1.165, 1.54) is 49.6 Å². The van der Waals surface area contributed by atoms with Gasteiger partial charge in [0.1, 0.15) is 5.76 Å². The average Bonchev–Trinajstić information content (AvgIpc) is 3.10. The Morgan fingerprint density at radius 3 is 2.42 bits per heavy atom. The number of aliphatic hydroxyl groups is 1. The van der Waals surface area contributed by atoms with Gasteiger partial charge in [-0.2, -0.15) is 0 Å². The molecule has 9 nitrogen and oxygen atoms in total. The van der Waals surface area contributed by atoms with Crippen LogP contribution in [-0.2, 0) is 9.59 Å². The number of phenols is 1. The summed E-state index contributed by atoms with van der Waals surface area (Å²) in [6.45, 7) is 0. The maximum absolute atomic E-state index is 13.1. The number of benzene rings is 3. The number of carbonyl (C=O) groups excluding carboxylic acids is 2. The molecule has 0 aliphatic carbocycles. The fourth-order valence-electron chi connectivity index (χ4n) is 3.79. The summed E-state index contributed by atoms with van der Waals surface area (Å²) in [5.41, 5.74) is 0.332. The van der Waals surface area contributed by atoms with Crippen LogP contribution in [0.4, 0.5) is 11.4 Å². The first-order valence-electron chi connectivity index (χ1n) is 9.81. The number of hydrogen-bond donors (Lipinski definition) is 2. The summed E-state index contributed by atoms with van der Waals surface area (Å²) < 4.78 is 5.16. The first kappa shape index (κ1) is 21.6. The van der Waals surface area contributed by atoms with Crippen molar-refractivity contribution in [2.75, 3.05) is 12.0 Å². The largest absolute Gasteiger partial charge is 0.507 e. The summed E-state index contributed by atoms with van der Waals surface area (Å²) in [5, 5.41) is 32.3. The van der Waals surface area contributed by atoms with E-state index >= 15 is 0 Å². The number of hydrogen-bond acceptors (Lipinski definition) is 7. The third-order valence-electron chi connectivity index (χ3n) is 5.33. The highest BCUT2D eigenvalue weighted by atomic mass is 16.6. The monoisotopic (exact) mass is 446 g/mol. The number of nitrogens with zero attached hydrogens (tertiary/aromatic N) is 2. The minimum absolute atomic E-state index is 0.0943. The highest BCUT2D eigenvalue weighted by molar-refractivity contribution is 6.51. The number of methoxy groups -OCH3 is 1. The molecule has 1 aliphatic rings. The van der Waals surface area contributed by atoms with E-state index in [1.54, 1.807) is 30.3 Å². The summed E-state index contributed by atoms with van der Waals surface area (Å²) in [6.07, 6.45) is 0. The Kier molecular flexibility index (Phi) is 5.53. The van der Waals surface area contributed by atoms with Gasteiger partial charge in [0.15, 0.2) is 11.5 Å². The Morgan fingerprint density at radius 2 is 1.76 bits per heavy atom. The number of rotatable bonds is 5. The molecular formula is C24H18N2O7. The molecule has 1 fully saturated rings. The Bertz CT molecular complexity index is 1300. The van der Waals surface area contributed by atoms with E-state index in [-0.39, 0.29) is 34.2 Å². The number of aromatic hydroxyl groups is 1. The number of ether oxygens (including phenoxy) is 1. The number of nitro benzene ring substituents is 1. The first-order valence-corrected chi connectivity index (χ1v) is 9.81. The molecule has 1 aliphatic heterocycles. The number of aliphatic hydroxyl groups excluding tert-OH is 1. The van der Waals surface area contributed by atoms with Crippen LogP contribution < -0.4 is 9.64 Å². The zero-order valence-corrected chi connectivity index (χ0v) is 17.3. The van der Waals surface area contributed by atoms with Gasteiger partial charge in [0, 0.05) is 17.7 Å². The van der Waals surface area contributed by atoms with E-state index in [4.69, 9.17) is 4.74 Å². The van der Waals surface area contributed by atoms with Crippen LogP contribution in [0, 0.1) is 10.1 Å². The fraction of sp³-hybridized carbons (Fsp3) is 0.0833. The zero-order valence-electron chi connectivity index (χ0n) is 17.3. The second kappa shape index (κ2) is 8.46. The molecule has 0 spiro atoms. The molecule has 0 bridgehead atoms. The normalized spacial score (nSPS) is 17.2. The quantitative estimate of drug-likeness (QED) is 0.200. The molecule has 9 heteroatoms. The molecule has 0 unspecified atom stereocenters. The Balaban J connectivity index is 1.98. The van der Waals surface area contributed by atoms with Gasteiger partial charge in [0.25, 0.3) is 17.4 Å². The number of nitro groups is 1. The first-order chi connectivity index (χ1) is 15.8. The molecule has 1 atom stereocenters. The third kappa shape index (κ3) is 3.76. The second-order valence-electron chi connectivity index (χ2n) is 7.24. The Labute approximate surface area is 187 Å². The molecule has 2 N–H and O–H groups in total. The summed E-state index contributed by atoms with van der Waals surface area (Å²) in [6, 6.07) is 16.7. The summed E-state index contributed by atoms with van der Waals surface area (Å²) in [4.78, 5) is 38.0. The SMILES string of the molecule is COc1cc([C@@H]2/C(=C(\O)c3ccccc3)C(=O)C(=O)N2c2cccc([N+](=O)[O-])c2)ccc1O. The van der Waals surface area contributed by atoms with Gasteiger partial charge in [-0.1, -0.05) is 42.5 Å². The smallest absolute Gasteiger partial charge is 0.300 e. The lowest BCUT2D eigenvalue weighted by Crippen LogP contribution is -2.29. The van der Waals surface area contributed by atoms with Crippen LogP contribution in [-0.4, -0.2) is 33.9 Å². The van der Waals surface area contributed by atoms with E-state index in [2.05, 4.69) is 0 Å². The molecule has 1 heterocycles. The van der Waals surface area contributed by atoms with Crippen LogP contribution in [0.5, 0.6) is 11.5 Å². The van der Waals surface area contributed by atoms with Crippen molar-refractivity contribution >= 4 is 28.8 Å². The molecule has 166 valence electrons. The highest BCUT2D eigenvalue weighted by Gasteiger charge is 2.47. The number of amides is 1. The lowest BCUT2D eigenvalue weighted by Gasteiger charge is -2.25. The minimum Gasteiger partial charge on any atom is -0.507 e. The van der Waals surface area contributed by atoms with Gasteiger partial charge in [0.2, 0.25) is 0 Å². The van der Waals surface area contributed by atoms with Crippen LogP contribution >= 0.6 is 0 Å². The number of Topliss-reactive ketones (excluding diaryl/α,β-unsaturated/α-hetero) is 1. The van der Waals surface area contributed by atoms with Crippen molar-refractivity contribution in [3.63, 3.8) is 0 Å². The predicted molar refractivity (Wildman–Crippen MR) is 119 cm³/mol. The average molecular weight is 446 g/mol. The number of ketones is 1. The van der Waals surface area contributed by atoms with E-state index in [1.807, 2.05) is 0 Å². The van der Waals surface area contributed by atoms with Crippen molar-refractivity contribution in [1.82, 2.24) is 0 Å². The Morgan fingerprint density at radius 1 is 1.03 bits per heavy atom. The Hall–Kier alpha value is -4.66. The topological polar surface area (TPSA) is 130 Å². The van der Waals surface area contributed by atoms with Crippen LogP contribution in [0.2, 0.25) is 0 Å². The molecule has 3 aromatic carbocycles. The highest BCUT2D eigenvalue weighted by Crippen LogP contribution is 2.44. The van der Waals surface area contributed by atoms with Crippen molar-refractivity contribution in [2.24, 2.45) is 0 Å². The van der Waals surface area contributed by atoms with Crippen LogP contribution in [0.15, 0.2) is 78.4 Å². The van der Waals surface area contributed by atoms with Crippen molar-refractivity contribution in [3.8, 4) is 11.5 Å². The van der Waals surface area contributed by atoms with E-state index in [9.17, 15) is 29.9 Å². The van der Waals surface area contributed by atoms with Gasteiger partial charge in [-0.25, -0.2) is 0 Å². The number of non-ortho nitro benzene ring substituents is 1. The molecular weight excluding hydrogens is 428 g/mol. The molecule has 0 saturated carbocycles. The van der Waals surface area contributed by atoms with E-state index in [0.29, 0.717) is 11.1 Å². The van der Waals surface area contributed by atoms with Crippen molar-refractivity contribution in [3.05, 3.63) is 99.6 Å². The minimum atomic E-state index is -1.12. The van der Waals surface area contributed by atoms with Gasteiger partial charge in [0.05, 0.1) is 29.3 Å². The maximum atomic E-state index is 13.1. The number of carbonyl (C=O) groups is 2. The standard InChI is InChI=1S/C24H18N2O7/c1-33-19-12-15(10-11-18(19)27)21-20(22(28)14-6-3-2-4-7-14)23(29)24(30)25(21)16-8-5-9-17(13-16)26(31)32/h2-13,21,27-28H,1H3/b22-20+/t21-/m1/s1. The summed E-state index contributed by atoms with van der Waals surface area (Å²) in [7, 11) is 1.35. The van der Waals surface area contributed by atoms with Crippen LogP contribution in [0.25, 0.3) is 5.76 Å². The van der Waals surface area contributed by atoms with Crippen molar-refractivity contribution in [2.45, 2.75) is 6.04 Å². The van der Waals surface area contributed by atoms with Crippen molar-refractivity contribution in [1.29, 1.82) is 0 Å². The summed E-state index contributed by atoms with van der Waals surface area (Å²) in [5.74, 6) is -2.35. The van der Waals surface area contributed by atoms with Gasteiger partial charge < -0.3 is 14.9 Å². The second-order valence-corrected chi connectivity index (χ2v) is 7.24. The number of anilines is 1. The van der Waals surface area contributed by atoms with Crippen LogP contribution in [0.1, 0.15) is 17.2 Å². The lowest BCUT2D eigenvalue weighted by atomic mass is 9.94. The van der Waals surface area contributed by atoms with Gasteiger partial charge in [-0.3, -0.25) is 24.6 Å². The van der Waals surface area contributed by atoms with Gasteiger partial charge >= 0.3 is 0 Å². The van der Waals surface area contributed by atoms with Gasteiger partial charge in [-0.05, 0) is 23.8 Å². The fourth-order valence-corrected chi connectivity index (χ4v) is 3.79. The molecule has 1 amide bonds.